The number of fused-ring (bicyclic) bond motifs is 1. The minimum Gasteiger partial charge on any atom is -0.488 e. The number of rotatable bonds is 2. The van der Waals surface area contributed by atoms with Crippen molar-refractivity contribution >= 4 is 0 Å². The second-order valence-corrected chi connectivity index (χ2v) is 5.57. The van der Waals surface area contributed by atoms with E-state index in [2.05, 4.69) is 30.1 Å². The summed E-state index contributed by atoms with van der Waals surface area (Å²) in [5.74, 6) is 0.986. The summed E-state index contributed by atoms with van der Waals surface area (Å²) in [5, 5.41) is 0. The van der Waals surface area contributed by atoms with Crippen LogP contribution in [0.15, 0.2) is 24.3 Å². The highest BCUT2D eigenvalue weighted by atomic mass is 16.5. The van der Waals surface area contributed by atoms with E-state index in [9.17, 15) is 0 Å². The van der Waals surface area contributed by atoms with Gasteiger partial charge < -0.3 is 10.5 Å². The highest BCUT2D eigenvalue weighted by molar-refractivity contribution is 5.75. The molecule has 2 aromatic rings. The van der Waals surface area contributed by atoms with Crippen LogP contribution >= 0.6 is 0 Å². The zero-order chi connectivity index (χ0) is 14.3. The lowest BCUT2D eigenvalue weighted by Crippen LogP contribution is -2.24. The molecule has 0 bridgehead atoms. The highest BCUT2D eigenvalue weighted by Crippen LogP contribution is 2.40. The molecule has 1 aliphatic heterocycles. The fraction of sp³-hybridized carbons (Fsp3) is 0.353. The maximum absolute atomic E-state index is 6.03. The fourth-order valence-electron chi connectivity index (χ4n) is 2.90. The Hall–Kier alpha value is -1.87. The van der Waals surface area contributed by atoms with Gasteiger partial charge in [-0.05, 0) is 44.0 Å². The summed E-state index contributed by atoms with van der Waals surface area (Å²) in [6.45, 7) is 6.74. The maximum Gasteiger partial charge on any atom is 0.131 e. The first kappa shape index (κ1) is 13.1. The molecule has 1 aliphatic rings. The quantitative estimate of drug-likeness (QED) is 0.911. The van der Waals surface area contributed by atoms with E-state index in [4.69, 9.17) is 10.5 Å². The Bertz CT molecular complexity index is 664. The van der Waals surface area contributed by atoms with E-state index in [-0.39, 0.29) is 6.10 Å². The standard InChI is InChI=1S/C17H20N2O/c1-10-6-13-8-14(9-18)20-17(13)16(7-10)15-5-4-11(2)19-12(15)3/h4-7,14H,8-9,18H2,1-3H3/t14-/m1/s1. The van der Waals surface area contributed by atoms with E-state index in [1.54, 1.807) is 0 Å². The number of hydrogen-bond donors (Lipinski definition) is 1. The number of nitrogens with zero attached hydrogens (tertiary/aromatic N) is 1. The number of aromatic nitrogens is 1. The Morgan fingerprint density at radius 1 is 1.20 bits per heavy atom. The van der Waals surface area contributed by atoms with Gasteiger partial charge in [-0.25, -0.2) is 0 Å². The van der Waals surface area contributed by atoms with E-state index >= 15 is 0 Å². The van der Waals surface area contributed by atoms with Crippen molar-refractivity contribution in [3.63, 3.8) is 0 Å². The number of pyridine rings is 1. The molecule has 2 heterocycles. The van der Waals surface area contributed by atoms with Crippen molar-refractivity contribution in [3.8, 4) is 16.9 Å². The molecule has 1 aromatic heterocycles. The van der Waals surface area contributed by atoms with Crippen LogP contribution in [-0.2, 0) is 6.42 Å². The van der Waals surface area contributed by atoms with Crippen molar-refractivity contribution in [2.24, 2.45) is 5.73 Å². The molecule has 1 atom stereocenters. The van der Waals surface area contributed by atoms with Gasteiger partial charge in [0.05, 0.1) is 0 Å². The van der Waals surface area contributed by atoms with Crippen molar-refractivity contribution in [1.29, 1.82) is 0 Å². The molecule has 0 fully saturated rings. The largest absolute Gasteiger partial charge is 0.488 e. The molecule has 2 N–H and O–H groups in total. The first-order chi connectivity index (χ1) is 9.58. The van der Waals surface area contributed by atoms with Crippen LogP contribution in [0.25, 0.3) is 11.1 Å². The lowest BCUT2D eigenvalue weighted by Gasteiger charge is -2.13. The fourth-order valence-corrected chi connectivity index (χ4v) is 2.90. The van der Waals surface area contributed by atoms with E-state index in [1.165, 1.54) is 11.1 Å². The maximum atomic E-state index is 6.03. The molecule has 0 unspecified atom stereocenters. The van der Waals surface area contributed by atoms with Gasteiger partial charge in [0.25, 0.3) is 0 Å². The minimum absolute atomic E-state index is 0.101. The molecular formula is C17H20N2O. The SMILES string of the molecule is Cc1cc2c(c(-c3ccc(C)nc3C)c1)O[C@@H](CN)C2. The Morgan fingerprint density at radius 2 is 2.00 bits per heavy atom. The molecule has 3 rings (SSSR count). The third-order valence-corrected chi connectivity index (χ3v) is 3.82. The summed E-state index contributed by atoms with van der Waals surface area (Å²) in [6, 6.07) is 8.56. The molecule has 0 amide bonds. The third kappa shape index (κ3) is 2.18. The normalized spacial score (nSPS) is 16.9. The van der Waals surface area contributed by atoms with Gasteiger partial charge in [0.15, 0.2) is 0 Å². The molecule has 0 saturated carbocycles. The molecule has 1 aromatic carbocycles. The van der Waals surface area contributed by atoms with Gasteiger partial charge in [-0.3, -0.25) is 4.98 Å². The zero-order valence-corrected chi connectivity index (χ0v) is 12.2. The summed E-state index contributed by atoms with van der Waals surface area (Å²) in [7, 11) is 0. The van der Waals surface area contributed by atoms with Crippen LogP contribution in [0, 0.1) is 20.8 Å². The smallest absolute Gasteiger partial charge is 0.131 e. The first-order valence-electron chi connectivity index (χ1n) is 7.03. The topological polar surface area (TPSA) is 48.1 Å². The van der Waals surface area contributed by atoms with Gasteiger partial charge in [-0.15, -0.1) is 0 Å². The first-order valence-corrected chi connectivity index (χ1v) is 7.03. The van der Waals surface area contributed by atoms with Crippen LogP contribution in [-0.4, -0.2) is 17.6 Å². The Kier molecular flexibility index (Phi) is 3.22. The van der Waals surface area contributed by atoms with Crippen LogP contribution in [0.1, 0.15) is 22.5 Å². The van der Waals surface area contributed by atoms with Crippen molar-refractivity contribution in [1.82, 2.24) is 4.98 Å². The number of nitrogens with two attached hydrogens (primary N) is 1. The predicted octanol–water partition coefficient (Wildman–Crippen LogP) is 2.94. The van der Waals surface area contributed by atoms with Crippen LogP contribution in [0.5, 0.6) is 5.75 Å². The summed E-state index contributed by atoms with van der Waals surface area (Å²) in [6.07, 6.45) is 1.00. The lowest BCUT2D eigenvalue weighted by atomic mass is 9.97. The number of benzene rings is 1. The van der Waals surface area contributed by atoms with Crippen molar-refractivity contribution in [3.05, 3.63) is 46.8 Å². The highest BCUT2D eigenvalue weighted by Gasteiger charge is 2.25. The Morgan fingerprint density at radius 3 is 2.70 bits per heavy atom. The Labute approximate surface area is 119 Å². The predicted molar refractivity (Wildman–Crippen MR) is 81.1 cm³/mol. The molecule has 0 spiro atoms. The van der Waals surface area contributed by atoms with Crippen molar-refractivity contribution in [2.45, 2.75) is 33.3 Å². The number of hydrogen-bond acceptors (Lipinski definition) is 3. The summed E-state index contributed by atoms with van der Waals surface area (Å²) in [5.41, 5.74) is 12.6. The minimum atomic E-state index is 0.101. The summed E-state index contributed by atoms with van der Waals surface area (Å²) >= 11 is 0. The average Bonchev–Trinajstić information content (AvgIpc) is 2.81. The van der Waals surface area contributed by atoms with E-state index in [0.29, 0.717) is 6.54 Å². The van der Waals surface area contributed by atoms with Crippen molar-refractivity contribution in [2.75, 3.05) is 6.54 Å². The summed E-state index contributed by atoms with van der Waals surface area (Å²) in [4.78, 5) is 4.56. The van der Waals surface area contributed by atoms with Gasteiger partial charge in [-0.2, -0.15) is 0 Å². The summed E-state index contributed by atoms with van der Waals surface area (Å²) < 4.78 is 6.03. The molecule has 0 saturated heterocycles. The third-order valence-electron chi connectivity index (χ3n) is 3.82. The lowest BCUT2D eigenvalue weighted by molar-refractivity contribution is 0.242. The molecule has 104 valence electrons. The van der Waals surface area contributed by atoms with Gasteiger partial charge in [0.1, 0.15) is 11.9 Å². The molecular weight excluding hydrogens is 248 g/mol. The average molecular weight is 268 g/mol. The molecule has 3 nitrogen and oxygen atoms in total. The van der Waals surface area contributed by atoms with Crippen LogP contribution in [0.3, 0.4) is 0 Å². The molecule has 20 heavy (non-hydrogen) atoms. The second-order valence-electron chi connectivity index (χ2n) is 5.57. The number of ether oxygens (including phenoxy) is 1. The van der Waals surface area contributed by atoms with Gasteiger partial charge in [-0.1, -0.05) is 12.1 Å². The van der Waals surface area contributed by atoms with Crippen LogP contribution in [0.4, 0.5) is 0 Å². The molecule has 0 radical (unpaired) electrons. The second kappa shape index (κ2) is 4.91. The number of aryl methyl sites for hydroxylation is 3. The van der Waals surface area contributed by atoms with Crippen molar-refractivity contribution < 1.29 is 4.74 Å². The molecule has 3 heteroatoms. The van der Waals surface area contributed by atoms with Gasteiger partial charge in [0, 0.05) is 35.5 Å². The van der Waals surface area contributed by atoms with E-state index in [1.807, 2.05) is 19.9 Å². The van der Waals surface area contributed by atoms with Gasteiger partial charge in [0.2, 0.25) is 0 Å². The Balaban J connectivity index is 2.15. The van der Waals surface area contributed by atoms with Gasteiger partial charge >= 0.3 is 0 Å². The zero-order valence-electron chi connectivity index (χ0n) is 12.2. The monoisotopic (exact) mass is 268 g/mol. The van der Waals surface area contributed by atoms with Crippen LogP contribution < -0.4 is 10.5 Å². The van der Waals surface area contributed by atoms with E-state index in [0.717, 1.165) is 34.7 Å². The van der Waals surface area contributed by atoms with Crippen LogP contribution in [0.2, 0.25) is 0 Å². The molecule has 0 aliphatic carbocycles. The van der Waals surface area contributed by atoms with E-state index < -0.39 is 0 Å².